The van der Waals surface area contributed by atoms with Crippen molar-refractivity contribution in [3.05, 3.63) is 52.3 Å². The zero-order valence-electron chi connectivity index (χ0n) is 16.8. The molecule has 1 aromatic heterocycles. The molecule has 28 heavy (non-hydrogen) atoms. The Morgan fingerprint density at radius 3 is 2.39 bits per heavy atom. The Hall–Kier alpha value is -2.47. The minimum atomic E-state index is 0.160. The fraction of sp³-hybridized carbons (Fsp3) is 0.500. The highest BCUT2D eigenvalue weighted by Crippen LogP contribution is 2.25. The van der Waals surface area contributed by atoms with Crippen LogP contribution in [0.3, 0.4) is 0 Å². The lowest BCUT2D eigenvalue weighted by molar-refractivity contribution is -0.132. The number of benzene rings is 1. The summed E-state index contributed by atoms with van der Waals surface area (Å²) >= 11 is 0. The highest BCUT2D eigenvalue weighted by atomic mass is 16.2. The van der Waals surface area contributed by atoms with Gasteiger partial charge in [-0.25, -0.2) is 9.97 Å². The Morgan fingerprint density at radius 1 is 1.07 bits per heavy atom. The third kappa shape index (κ3) is 3.87. The van der Waals surface area contributed by atoms with Crippen molar-refractivity contribution in [2.75, 3.05) is 31.9 Å². The number of nitrogens with two attached hydrogens (primary N) is 1. The van der Waals surface area contributed by atoms with Crippen molar-refractivity contribution in [2.45, 2.75) is 45.6 Å². The molecule has 0 bridgehead atoms. The molecule has 2 aromatic rings. The number of nitrogens with zero attached hydrogens (tertiary/aromatic N) is 4. The van der Waals surface area contributed by atoms with Crippen LogP contribution in [-0.4, -0.2) is 57.9 Å². The number of fused-ring (bicyclic) bond motifs is 1. The molecule has 1 aromatic carbocycles. The molecule has 0 saturated carbocycles. The topological polar surface area (TPSA) is 75.3 Å². The second kappa shape index (κ2) is 7.87. The van der Waals surface area contributed by atoms with Crippen LogP contribution in [0.25, 0.3) is 0 Å². The van der Waals surface area contributed by atoms with Gasteiger partial charge in [0.05, 0.1) is 6.42 Å². The van der Waals surface area contributed by atoms with E-state index in [9.17, 15) is 4.79 Å². The smallest absolute Gasteiger partial charge is 0.227 e. The lowest BCUT2D eigenvalue weighted by Crippen LogP contribution is -2.53. The first-order chi connectivity index (χ1) is 13.5. The van der Waals surface area contributed by atoms with Crippen LogP contribution >= 0.6 is 0 Å². The number of rotatable bonds is 3. The van der Waals surface area contributed by atoms with E-state index in [1.54, 1.807) is 0 Å². The number of amides is 1. The molecule has 2 aliphatic rings. The minimum absolute atomic E-state index is 0.160. The second-order valence-electron chi connectivity index (χ2n) is 7.99. The molecule has 2 N–H and O–H groups in total. The summed E-state index contributed by atoms with van der Waals surface area (Å²) in [6.07, 6.45) is 3.86. The average molecular weight is 380 g/mol. The Morgan fingerprint density at radius 2 is 1.71 bits per heavy atom. The Bertz CT molecular complexity index is 850. The lowest BCUT2D eigenvalue weighted by Gasteiger charge is -2.41. The molecule has 1 atom stereocenters. The fourth-order valence-corrected chi connectivity index (χ4v) is 4.61. The third-order valence-electron chi connectivity index (χ3n) is 6.27. The van der Waals surface area contributed by atoms with Crippen molar-refractivity contribution >= 4 is 11.9 Å². The van der Waals surface area contributed by atoms with E-state index >= 15 is 0 Å². The molecule has 2 heterocycles. The standard InChI is InChI=1S/C22H29N5O/c1-15-20(16(2)25-22(23)24-15)14-21(28)27-11-9-26(10-12-27)19-8-7-17-5-3-4-6-18(17)13-19/h3-6,19H,7-14H2,1-2H3,(H2,23,24,25)/t19-/m1/s1. The van der Waals surface area contributed by atoms with Gasteiger partial charge in [-0.2, -0.15) is 0 Å². The number of nitrogen functional groups attached to an aromatic ring is 1. The predicted molar refractivity (Wildman–Crippen MR) is 110 cm³/mol. The molecule has 1 aliphatic carbocycles. The zero-order valence-corrected chi connectivity index (χ0v) is 16.8. The molecule has 0 radical (unpaired) electrons. The van der Waals surface area contributed by atoms with E-state index < -0.39 is 0 Å². The Labute approximate surface area is 166 Å². The highest BCUT2D eigenvalue weighted by molar-refractivity contribution is 5.79. The third-order valence-corrected chi connectivity index (χ3v) is 6.27. The molecule has 1 aliphatic heterocycles. The summed E-state index contributed by atoms with van der Waals surface area (Å²) in [4.78, 5) is 25.8. The van der Waals surface area contributed by atoms with Crippen LogP contribution in [0.15, 0.2) is 24.3 Å². The van der Waals surface area contributed by atoms with Gasteiger partial charge in [0.25, 0.3) is 0 Å². The zero-order chi connectivity index (χ0) is 19.7. The van der Waals surface area contributed by atoms with E-state index in [4.69, 9.17) is 5.73 Å². The molecule has 6 heteroatoms. The number of anilines is 1. The van der Waals surface area contributed by atoms with Crippen LogP contribution < -0.4 is 5.73 Å². The van der Waals surface area contributed by atoms with Gasteiger partial charge in [-0.1, -0.05) is 24.3 Å². The van der Waals surface area contributed by atoms with Crippen LogP contribution in [0.5, 0.6) is 0 Å². The molecule has 148 valence electrons. The van der Waals surface area contributed by atoms with E-state index in [0.717, 1.165) is 56.0 Å². The fourth-order valence-electron chi connectivity index (χ4n) is 4.61. The van der Waals surface area contributed by atoms with Crippen LogP contribution in [0.4, 0.5) is 5.95 Å². The molecule has 1 saturated heterocycles. The van der Waals surface area contributed by atoms with Crippen molar-refractivity contribution < 1.29 is 4.79 Å². The molecule has 6 nitrogen and oxygen atoms in total. The average Bonchev–Trinajstić information content (AvgIpc) is 2.70. The maximum absolute atomic E-state index is 12.8. The first-order valence-electron chi connectivity index (χ1n) is 10.2. The summed E-state index contributed by atoms with van der Waals surface area (Å²) in [5, 5.41) is 0. The molecule has 4 rings (SSSR count). The van der Waals surface area contributed by atoms with Gasteiger partial charge in [0.15, 0.2) is 0 Å². The van der Waals surface area contributed by atoms with E-state index in [1.807, 2.05) is 18.7 Å². The maximum Gasteiger partial charge on any atom is 0.227 e. The summed E-state index contributed by atoms with van der Waals surface area (Å²) in [5.74, 6) is 0.432. The summed E-state index contributed by atoms with van der Waals surface area (Å²) in [5.41, 5.74) is 11.2. The van der Waals surface area contributed by atoms with E-state index in [-0.39, 0.29) is 11.9 Å². The van der Waals surface area contributed by atoms with Gasteiger partial charge < -0.3 is 10.6 Å². The number of piperazine rings is 1. The molecular formula is C22H29N5O. The number of hydrogen-bond donors (Lipinski definition) is 1. The van der Waals surface area contributed by atoms with Crippen molar-refractivity contribution in [3.63, 3.8) is 0 Å². The van der Waals surface area contributed by atoms with Crippen molar-refractivity contribution in [3.8, 4) is 0 Å². The van der Waals surface area contributed by atoms with Gasteiger partial charge in [0.2, 0.25) is 11.9 Å². The minimum Gasteiger partial charge on any atom is -0.368 e. The SMILES string of the molecule is Cc1nc(N)nc(C)c1CC(=O)N1CCN([C@@H]2CCc3ccccc3C2)CC1. The number of carbonyl (C=O) groups is 1. The van der Waals surface area contributed by atoms with E-state index in [0.29, 0.717) is 12.5 Å². The van der Waals surface area contributed by atoms with Crippen molar-refractivity contribution in [2.24, 2.45) is 0 Å². The first-order valence-corrected chi connectivity index (χ1v) is 10.2. The summed E-state index contributed by atoms with van der Waals surface area (Å²) in [7, 11) is 0. The summed E-state index contributed by atoms with van der Waals surface area (Å²) < 4.78 is 0. The van der Waals surface area contributed by atoms with E-state index in [2.05, 4.69) is 39.1 Å². The Balaban J connectivity index is 1.34. The monoisotopic (exact) mass is 379 g/mol. The number of hydrogen-bond acceptors (Lipinski definition) is 5. The van der Waals surface area contributed by atoms with Crippen LogP contribution in [0, 0.1) is 13.8 Å². The van der Waals surface area contributed by atoms with Crippen molar-refractivity contribution in [1.82, 2.24) is 19.8 Å². The largest absolute Gasteiger partial charge is 0.368 e. The number of carbonyl (C=O) groups excluding carboxylic acids is 1. The van der Waals surface area contributed by atoms with Gasteiger partial charge in [-0.05, 0) is 44.2 Å². The predicted octanol–water partition coefficient (Wildman–Crippen LogP) is 1.92. The first kappa shape index (κ1) is 18.9. The van der Waals surface area contributed by atoms with Crippen LogP contribution in [0.1, 0.15) is 34.5 Å². The highest BCUT2D eigenvalue weighted by Gasteiger charge is 2.29. The lowest BCUT2D eigenvalue weighted by atomic mass is 9.87. The van der Waals surface area contributed by atoms with Gasteiger partial charge in [0, 0.05) is 49.2 Å². The van der Waals surface area contributed by atoms with Gasteiger partial charge >= 0.3 is 0 Å². The molecule has 1 amide bonds. The van der Waals surface area contributed by atoms with E-state index in [1.165, 1.54) is 17.5 Å². The molecule has 0 spiro atoms. The van der Waals surface area contributed by atoms with Crippen molar-refractivity contribution in [1.29, 1.82) is 0 Å². The Kier molecular flexibility index (Phi) is 5.31. The number of aryl methyl sites for hydroxylation is 3. The quantitative estimate of drug-likeness (QED) is 0.882. The molecule has 1 fully saturated rings. The van der Waals surface area contributed by atoms with Gasteiger partial charge in [-0.3, -0.25) is 9.69 Å². The van der Waals surface area contributed by atoms with Gasteiger partial charge in [-0.15, -0.1) is 0 Å². The maximum atomic E-state index is 12.8. The van der Waals surface area contributed by atoms with Crippen LogP contribution in [-0.2, 0) is 24.1 Å². The summed E-state index contributed by atoms with van der Waals surface area (Å²) in [6, 6.07) is 9.40. The molecule has 0 unspecified atom stereocenters. The second-order valence-corrected chi connectivity index (χ2v) is 7.99. The number of aromatic nitrogens is 2. The normalized spacial score (nSPS) is 20.1. The van der Waals surface area contributed by atoms with Crippen LogP contribution in [0.2, 0.25) is 0 Å². The summed E-state index contributed by atoms with van der Waals surface area (Å²) in [6.45, 7) is 7.29. The molecular weight excluding hydrogens is 350 g/mol. The van der Waals surface area contributed by atoms with Gasteiger partial charge in [0.1, 0.15) is 0 Å².